The zero-order valence-electron chi connectivity index (χ0n) is 10.1. The van der Waals surface area contributed by atoms with E-state index in [-0.39, 0.29) is 18.5 Å². The van der Waals surface area contributed by atoms with Gasteiger partial charge in [0, 0.05) is 0 Å². The van der Waals surface area contributed by atoms with Crippen LogP contribution >= 0.6 is 6.72 Å². The highest BCUT2D eigenvalue weighted by molar-refractivity contribution is 8.07. The standard InChI is InChI=1S/C9H19O5PS/c1-5-12-15(16,13-6-2)14-8(3)7-9(10)11-4/h8H,5-7H2,1-4H3. The van der Waals surface area contributed by atoms with E-state index < -0.39 is 6.72 Å². The van der Waals surface area contributed by atoms with Gasteiger partial charge in [0.1, 0.15) is 0 Å². The molecule has 0 aliphatic rings. The molecule has 0 aromatic carbocycles. The summed E-state index contributed by atoms with van der Waals surface area (Å²) in [7, 11) is 1.33. The van der Waals surface area contributed by atoms with Crippen molar-refractivity contribution in [1.29, 1.82) is 0 Å². The van der Waals surface area contributed by atoms with Crippen LogP contribution in [0.2, 0.25) is 0 Å². The van der Waals surface area contributed by atoms with E-state index in [0.29, 0.717) is 13.2 Å². The third kappa shape index (κ3) is 6.55. The summed E-state index contributed by atoms with van der Waals surface area (Å²) in [5.41, 5.74) is 0. The van der Waals surface area contributed by atoms with Gasteiger partial charge in [-0.2, -0.15) is 0 Å². The first kappa shape index (κ1) is 16.0. The van der Waals surface area contributed by atoms with Crippen LogP contribution < -0.4 is 0 Å². The molecule has 0 aliphatic carbocycles. The van der Waals surface area contributed by atoms with E-state index in [1.54, 1.807) is 6.92 Å². The summed E-state index contributed by atoms with van der Waals surface area (Å²) in [5.74, 6) is -0.345. The van der Waals surface area contributed by atoms with Gasteiger partial charge in [0.25, 0.3) is 0 Å². The average molecular weight is 270 g/mol. The average Bonchev–Trinajstić information content (AvgIpc) is 2.17. The molecule has 0 aliphatic heterocycles. The van der Waals surface area contributed by atoms with Gasteiger partial charge < -0.3 is 18.3 Å². The minimum atomic E-state index is -2.72. The maximum Gasteiger partial charge on any atom is 0.327 e. The maximum absolute atomic E-state index is 11.0. The molecule has 0 saturated heterocycles. The third-order valence-corrected chi connectivity index (χ3v) is 4.22. The molecule has 5 nitrogen and oxygen atoms in total. The Bertz CT molecular complexity index is 248. The number of hydrogen-bond acceptors (Lipinski definition) is 6. The van der Waals surface area contributed by atoms with E-state index in [1.807, 2.05) is 13.8 Å². The van der Waals surface area contributed by atoms with Crippen LogP contribution in [0.1, 0.15) is 27.2 Å². The van der Waals surface area contributed by atoms with Crippen LogP contribution in [-0.4, -0.2) is 32.4 Å². The van der Waals surface area contributed by atoms with E-state index in [1.165, 1.54) is 7.11 Å². The Hall–Kier alpha value is -0.000000000000000111. The molecule has 0 aromatic heterocycles. The quantitative estimate of drug-likeness (QED) is 0.498. The normalized spacial score (nSPS) is 13.5. The Kier molecular flexibility index (Phi) is 8.14. The highest BCUT2D eigenvalue weighted by atomic mass is 32.5. The van der Waals surface area contributed by atoms with Crippen molar-refractivity contribution < 1.29 is 23.1 Å². The predicted molar refractivity (Wildman–Crippen MR) is 64.7 cm³/mol. The summed E-state index contributed by atoms with van der Waals surface area (Å²) >= 11 is 5.16. The molecule has 0 bridgehead atoms. The summed E-state index contributed by atoms with van der Waals surface area (Å²) in [6, 6.07) is 0. The second kappa shape index (κ2) is 8.14. The van der Waals surface area contributed by atoms with E-state index in [9.17, 15) is 4.79 Å². The van der Waals surface area contributed by atoms with Gasteiger partial charge >= 0.3 is 12.7 Å². The molecule has 0 spiro atoms. The monoisotopic (exact) mass is 270 g/mol. The lowest BCUT2D eigenvalue weighted by molar-refractivity contribution is -0.142. The summed E-state index contributed by atoms with van der Waals surface area (Å²) < 4.78 is 20.6. The van der Waals surface area contributed by atoms with Crippen LogP contribution in [0, 0.1) is 0 Å². The number of ether oxygens (including phenoxy) is 1. The number of rotatable bonds is 8. The van der Waals surface area contributed by atoms with Crippen LogP contribution in [0.4, 0.5) is 0 Å². The van der Waals surface area contributed by atoms with Crippen LogP contribution in [0.3, 0.4) is 0 Å². The first-order valence-corrected chi connectivity index (χ1v) is 7.67. The summed E-state index contributed by atoms with van der Waals surface area (Å²) in [5, 5.41) is 0. The molecule has 0 rings (SSSR count). The minimum Gasteiger partial charge on any atom is -0.469 e. The highest BCUT2D eigenvalue weighted by Gasteiger charge is 2.24. The topological polar surface area (TPSA) is 54.0 Å². The Morgan fingerprint density at radius 3 is 2.19 bits per heavy atom. The minimum absolute atomic E-state index is 0.134. The van der Waals surface area contributed by atoms with Crippen molar-refractivity contribution in [2.45, 2.75) is 33.3 Å². The summed E-state index contributed by atoms with van der Waals surface area (Å²) in [6.07, 6.45) is -0.244. The van der Waals surface area contributed by atoms with Gasteiger partial charge in [-0.25, -0.2) is 0 Å². The summed E-state index contributed by atoms with van der Waals surface area (Å²) in [4.78, 5) is 11.0. The van der Waals surface area contributed by atoms with E-state index >= 15 is 0 Å². The summed E-state index contributed by atoms with van der Waals surface area (Å²) in [6.45, 7) is 3.48. The number of carbonyl (C=O) groups is 1. The van der Waals surface area contributed by atoms with Crippen molar-refractivity contribution >= 4 is 24.5 Å². The van der Waals surface area contributed by atoms with Gasteiger partial charge in [0.15, 0.2) is 0 Å². The lowest BCUT2D eigenvalue weighted by Crippen LogP contribution is -2.15. The van der Waals surface area contributed by atoms with Gasteiger partial charge in [-0.1, -0.05) is 0 Å². The first-order valence-electron chi connectivity index (χ1n) is 5.11. The predicted octanol–water partition coefficient (Wildman–Crippen LogP) is 2.25. The van der Waals surface area contributed by atoms with E-state index in [4.69, 9.17) is 25.4 Å². The van der Waals surface area contributed by atoms with Crippen LogP contribution in [0.5, 0.6) is 0 Å². The molecule has 0 fully saturated rings. The lowest BCUT2D eigenvalue weighted by Gasteiger charge is -2.23. The van der Waals surface area contributed by atoms with Crippen molar-refractivity contribution in [2.75, 3.05) is 20.3 Å². The van der Waals surface area contributed by atoms with Gasteiger partial charge in [-0.15, -0.1) is 0 Å². The van der Waals surface area contributed by atoms with Gasteiger partial charge in [0.05, 0.1) is 32.8 Å². The van der Waals surface area contributed by atoms with Crippen molar-refractivity contribution in [2.24, 2.45) is 0 Å². The van der Waals surface area contributed by atoms with Crippen LogP contribution in [0.25, 0.3) is 0 Å². The number of methoxy groups -OCH3 is 1. The molecule has 1 atom stereocenters. The Morgan fingerprint density at radius 1 is 1.31 bits per heavy atom. The number of carbonyl (C=O) groups excluding carboxylic acids is 1. The Labute approximate surface area is 102 Å². The van der Waals surface area contributed by atoms with Crippen molar-refractivity contribution in [3.63, 3.8) is 0 Å². The maximum atomic E-state index is 11.0. The molecule has 0 saturated carbocycles. The molecular formula is C9H19O5PS. The molecule has 16 heavy (non-hydrogen) atoms. The zero-order chi connectivity index (χ0) is 12.6. The second-order valence-electron chi connectivity index (χ2n) is 2.98. The molecule has 0 N–H and O–H groups in total. The molecular weight excluding hydrogens is 251 g/mol. The molecule has 96 valence electrons. The first-order chi connectivity index (χ1) is 7.47. The molecule has 0 amide bonds. The molecule has 0 aromatic rings. The zero-order valence-corrected chi connectivity index (χ0v) is 11.8. The van der Waals surface area contributed by atoms with Gasteiger partial charge in [-0.05, 0) is 32.6 Å². The van der Waals surface area contributed by atoms with Crippen LogP contribution in [-0.2, 0) is 34.9 Å². The fourth-order valence-corrected chi connectivity index (χ4v) is 3.41. The second-order valence-corrected chi connectivity index (χ2v) is 5.94. The molecule has 7 heteroatoms. The number of hydrogen-bond donors (Lipinski definition) is 0. The van der Waals surface area contributed by atoms with Crippen molar-refractivity contribution in [3.8, 4) is 0 Å². The SMILES string of the molecule is CCOP(=S)(OCC)OC(C)CC(=O)OC. The fourth-order valence-electron chi connectivity index (χ4n) is 0.990. The highest BCUT2D eigenvalue weighted by Crippen LogP contribution is 2.51. The number of esters is 1. The van der Waals surface area contributed by atoms with E-state index in [0.717, 1.165) is 0 Å². The lowest BCUT2D eigenvalue weighted by atomic mass is 10.3. The third-order valence-electron chi connectivity index (χ3n) is 1.57. The molecule has 0 radical (unpaired) electrons. The van der Waals surface area contributed by atoms with Crippen molar-refractivity contribution in [3.05, 3.63) is 0 Å². The van der Waals surface area contributed by atoms with Gasteiger partial charge in [0.2, 0.25) is 0 Å². The van der Waals surface area contributed by atoms with Crippen LogP contribution in [0.15, 0.2) is 0 Å². The van der Waals surface area contributed by atoms with E-state index in [2.05, 4.69) is 4.74 Å². The Morgan fingerprint density at radius 2 is 1.81 bits per heavy atom. The fraction of sp³-hybridized carbons (Fsp3) is 0.889. The van der Waals surface area contributed by atoms with Gasteiger partial charge in [-0.3, -0.25) is 4.79 Å². The van der Waals surface area contributed by atoms with Crippen molar-refractivity contribution in [1.82, 2.24) is 0 Å². The largest absolute Gasteiger partial charge is 0.469 e. The molecule has 1 unspecified atom stereocenters. The molecule has 0 heterocycles. The smallest absolute Gasteiger partial charge is 0.327 e. The Balaban J connectivity index is 4.28.